The molecule has 0 bridgehead atoms. The van der Waals surface area contributed by atoms with Crippen LogP contribution >= 0.6 is 11.3 Å². The first-order valence-corrected chi connectivity index (χ1v) is 10.3. The van der Waals surface area contributed by atoms with Crippen molar-refractivity contribution >= 4 is 39.0 Å². The molecule has 6 nitrogen and oxygen atoms in total. The number of para-hydroxylation sites is 2. The molecule has 0 aliphatic carbocycles. The number of hydrogen-bond donors (Lipinski definition) is 1. The highest BCUT2D eigenvalue weighted by atomic mass is 32.1. The molecule has 0 aliphatic rings. The lowest BCUT2D eigenvalue weighted by Crippen LogP contribution is -2.22. The zero-order chi connectivity index (χ0) is 21.1. The van der Waals surface area contributed by atoms with E-state index >= 15 is 0 Å². The molecular weight excluding hydrogens is 396 g/mol. The topological polar surface area (TPSA) is 67.3 Å². The Hall–Kier alpha value is -3.45. The van der Waals surface area contributed by atoms with Crippen LogP contribution in [-0.2, 0) is 6.54 Å². The summed E-state index contributed by atoms with van der Waals surface area (Å²) < 4.78 is 5.37. The summed E-state index contributed by atoms with van der Waals surface area (Å²) in [5.41, 5.74) is 2.83. The van der Waals surface area contributed by atoms with Gasteiger partial charge < -0.3 is 15.0 Å². The molecule has 0 spiro atoms. The summed E-state index contributed by atoms with van der Waals surface area (Å²) in [6.07, 6.45) is 1.55. The summed E-state index contributed by atoms with van der Waals surface area (Å²) in [5, 5.41) is 3.90. The van der Waals surface area contributed by atoms with Crippen molar-refractivity contribution in [2.45, 2.75) is 13.5 Å². The van der Waals surface area contributed by atoms with Crippen LogP contribution in [0.15, 0.2) is 60.9 Å². The van der Waals surface area contributed by atoms with Gasteiger partial charge in [0.25, 0.3) is 5.91 Å². The van der Waals surface area contributed by atoms with Crippen molar-refractivity contribution < 1.29 is 9.53 Å². The third-order valence-electron chi connectivity index (χ3n) is 5.01. The van der Waals surface area contributed by atoms with E-state index in [-0.39, 0.29) is 5.91 Å². The van der Waals surface area contributed by atoms with E-state index in [9.17, 15) is 4.79 Å². The molecule has 4 rings (SSSR count). The fourth-order valence-corrected chi connectivity index (χ4v) is 4.46. The molecule has 0 unspecified atom stereocenters. The second-order valence-corrected chi connectivity index (χ2v) is 7.82. The van der Waals surface area contributed by atoms with Gasteiger partial charge in [0.1, 0.15) is 22.7 Å². The number of fused-ring (bicyclic) bond motifs is 1. The number of methoxy groups -OCH3 is 1. The quantitative estimate of drug-likeness (QED) is 0.491. The average molecular weight is 419 g/mol. The number of carbonyl (C=O) groups is 1. The smallest absolute Gasteiger partial charge is 0.261 e. The van der Waals surface area contributed by atoms with E-state index in [1.165, 1.54) is 11.3 Å². The number of aryl methyl sites for hydroxylation is 1. The minimum absolute atomic E-state index is 0.130. The zero-order valence-corrected chi connectivity index (χ0v) is 17.9. The van der Waals surface area contributed by atoms with Gasteiger partial charge in [-0.15, -0.1) is 11.3 Å². The monoisotopic (exact) mass is 418 g/mol. The Morgan fingerprint density at radius 2 is 1.83 bits per heavy atom. The highest BCUT2D eigenvalue weighted by molar-refractivity contribution is 7.20. The summed E-state index contributed by atoms with van der Waals surface area (Å²) in [4.78, 5) is 25.3. The maximum absolute atomic E-state index is 13.0. The number of nitrogens with one attached hydrogen (secondary N) is 1. The van der Waals surface area contributed by atoms with Crippen LogP contribution < -0.4 is 15.0 Å². The van der Waals surface area contributed by atoms with Crippen LogP contribution in [0.5, 0.6) is 5.75 Å². The van der Waals surface area contributed by atoms with Crippen molar-refractivity contribution in [1.82, 2.24) is 15.3 Å². The normalized spacial score (nSPS) is 10.8. The summed E-state index contributed by atoms with van der Waals surface area (Å²) in [5.74, 6) is 1.40. The van der Waals surface area contributed by atoms with Crippen molar-refractivity contribution in [2.75, 3.05) is 19.1 Å². The zero-order valence-electron chi connectivity index (χ0n) is 17.0. The molecule has 0 aliphatic heterocycles. The van der Waals surface area contributed by atoms with Crippen molar-refractivity contribution in [3.05, 3.63) is 76.9 Å². The van der Waals surface area contributed by atoms with E-state index in [1.54, 1.807) is 13.4 Å². The molecule has 1 amide bonds. The molecule has 1 N–H and O–H groups in total. The molecule has 0 atom stereocenters. The predicted octanol–water partition coefficient (Wildman–Crippen LogP) is 4.71. The second kappa shape index (κ2) is 8.51. The first-order valence-electron chi connectivity index (χ1n) is 9.53. The van der Waals surface area contributed by atoms with E-state index in [0.29, 0.717) is 11.4 Å². The molecule has 7 heteroatoms. The van der Waals surface area contributed by atoms with Crippen LogP contribution in [0.3, 0.4) is 0 Å². The van der Waals surface area contributed by atoms with Gasteiger partial charge >= 0.3 is 0 Å². The van der Waals surface area contributed by atoms with Gasteiger partial charge in [0, 0.05) is 24.8 Å². The fraction of sp³-hybridized carbons (Fsp3) is 0.174. The molecule has 152 valence electrons. The number of ether oxygens (including phenoxy) is 1. The number of thiophene rings is 1. The number of amides is 1. The van der Waals surface area contributed by atoms with Gasteiger partial charge in [-0.25, -0.2) is 9.97 Å². The maximum atomic E-state index is 13.0. The van der Waals surface area contributed by atoms with Crippen LogP contribution in [0.2, 0.25) is 0 Å². The number of anilines is 2. The molecule has 4 aromatic rings. The van der Waals surface area contributed by atoms with Crippen molar-refractivity contribution in [3.8, 4) is 5.75 Å². The Morgan fingerprint density at radius 3 is 2.60 bits per heavy atom. The van der Waals surface area contributed by atoms with Gasteiger partial charge in [-0.1, -0.05) is 36.4 Å². The molecule has 2 aromatic carbocycles. The third-order valence-corrected chi connectivity index (χ3v) is 6.20. The Bertz CT molecular complexity index is 1190. The molecule has 2 heterocycles. The standard InChI is InChI=1S/C23H22N4O2S/c1-15-19-21(27(2)17-10-5-4-6-11-17)25-14-26-23(19)30-20(15)22(28)24-13-16-9-7-8-12-18(16)29-3/h4-12,14H,13H2,1-3H3,(H,24,28). The van der Waals surface area contributed by atoms with Gasteiger partial charge in [-0.2, -0.15) is 0 Å². The number of hydrogen-bond acceptors (Lipinski definition) is 6. The maximum Gasteiger partial charge on any atom is 0.261 e. The van der Waals surface area contributed by atoms with Gasteiger partial charge in [-0.05, 0) is 30.7 Å². The molecular formula is C23H22N4O2S. The van der Waals surface area contributed by atoms with Gasteiger partial charge in [0.05, 0.1) is 17.4 Å². The Labute approximate surface area is 179 Å². The number of rotatable bonds is 6. The highest BCUT2D eigenvalue weighted by Crippen LogP contribution is 2.36. The largest absolute Gasteiger partial charge is 0.496 e. The molecule has 0 saturated carbocycles. The van der Waals surface area contributed by atoms with Crippen molar-refractivity contribution in [1.29, 1.82) is 0 Å². The predicted molar refractivity (Wildman–Crippen MR) is 121 cm³/mol. The first kappa shape index (κ1) is 19.8. The van der Waals surface area contributed by atoms with Crippen LogP contribution in [0.4, 0.5) is 11.5 Å². The van der Waals surface area contributed by atoms with E-state index in [1.807, 2.05) is 73.5 Å². The number of benzene rings is 2. The minimum Gasteiger partial charge on any atom is -0.496 e. The van der Waals surface area contributed by atoms with Gasteiger partial charge in [0.15, 0.2) is 0 Å². The molecule has 0 radical (unpaired) electrons. The Morgan fingerprint density at radius 1 is 1.10 bits per heavy atom. The number of nitrogens with zero attached hydrogens (tertiary/aromatic N) is 3. The van der Waals surface area contributed by atoms with Crippen LogP contribution in [-0.4, -0.2) is 30.0 Å². The van der Waals surface area contributed by atoms with E-state index in [4.69, 9.17) is 4.74 Å². The Balaban J connectivity index is 1.64. The van der Waals surface area contributed by atoms with Gasteiger partial charge in [-0.3, -0.25) is 4.79 Å². The average Bonchev–Trinajstić information content (AvgIpc) is 3.14. The molecule has 0 saturated heterocycles. The molecule has 30 heavy (non-hydrogen) atoms. The number of aromatic nitrogens is 2. The lowest BCUT2D eigenvalue weighted by molar-refractivity contribution is 0.0954. The SMILES string of the molecule is COc1ccccc1CNC(=O)c1sc2ncnc(N(C)c3ccccc3)c2c1C. The minimum atomic E-state index is -0.130. The van der Waals surface area contributed by atoms with E-state index in [0.717, 1.165) is 38.6 Å². The summed E-state index contributed by atoms with van der Waals surface area (Å²) >= 11 is 1.38. The van der Waals surface area contributed by atoms with E-state index < -0.39 is 0 Å². The van der Waals surface area contributed by atoms with Crippen LogP contribution in [0, 0.1) is 6.92 Å². The molecule has 0 fully saturated rings. The van der Waals surface area contributed by atoms with Gasteiger partial charge in [0.2, 0.25) is 0 Å². The summed E-state index contributed by atoms with van der Waals surface area (Å²) in [6.45, 7) is 2.33. The second-order valence-electron chi connectivity index (χ2n) is 6.82. The van der Waals surface area contributed by atoms with Crippen LogP contribution in [0.25, 0.3) is 10.2 Å². The number of carbonyl (C=O) groups excluding carboxylic acids is 1. The van der Waals surface area contributed by atoms with Crippen molar-refractivity contribution in [2.24, 2.45) is 0 Å². The molecule has 2 aromatic heterocycles. The van der Waals surface area contributed by atoms with Crippen LogP contribution in [0.1, 0.15) is 20.8 Å². The summed E-state index contributed by atoms with van der Waals surface area (Å²) in [6, 6.07) is 17.7. The summed E-state index contributed by atoms with van der Waals surface area (Å²) in [7, 11) is 3.59. The third kappa shape index (κ3) is 3.71. The van der Waals surface area contributed by atoms with Crippen molar-refractivity contribution in [3.63, 3.8) is 0 Å². The highest BCUT2D eigenvalue weighted by Gasteiger charge is 2.21. The first-order chi connectivity index (χ1) is 14.6. The lowest BCUT2D eigenvalue weighted by atomic mass is 10.1. The Kier molecular flexibility index (Phi) is 5.63. The lowest BCUT2D eigenvalue weighted by Gasteiger charge is -2.19. The fourth-order valence-electron chi connectivity index (χ4n) is 3.40. The van der Waals surface area contributed by atoms with E-state index in [2.05, 4.69) is 15.3 Å².